The molecule has 2 aromatic heterocycles. The van der Waals surface area contributed by atoms with Gasteiger partial charge in [-0.2, -0.15) is 9.83 Å². The minimum absolute atomic E-state index is 0.238. The monoisotopic (exact) mass is 298 g/mol. The standard InChI is InChI=1S/C15H14N4O3/c20-15(21)11-4-5-13-12(9-11)10-17-18(13)8-6-16-14-3-1-2-7-19(14)22/h1-5,7,9-10,22H,6,8H2,(H,20,21). The number of carboxylic acid groups (broad SMARTS) is 1. The van der Waals surface area contributed by atoms with Crippen LogP contribution in [0.3, 0.4) is 0 Å². The Labute approximate surface area is 125 Å². The van der Waals surface area contributed by atoms with Crippen molar-refractivity contribution in [3.8, 4) is 0 Å². The summed E-state index contributed by atoms with van der Waals surface area (Å²) in [6, 6.07) is 10.1. The van der Waals surface area contributed by atoms with E-state index >= 15 is 0 Å². The summed E-state index contributed by atoms with van der Waals surface area (Å²) in [5.41, 5.74) is 1.56. The van der Waals surface area contributed by atoms with Crippen LogP contribution in [0.4, 0.5) is 0 Å². The summed E-state index contributed by atoms with van der Waals surface area (Å²) in [7, 11) is 0. The van der Waals surface area contributed by atoms with Crippen LogP contribution in [-0.2, 0) is 6.54 Å². The Kier molecular flexibility index (Phi) is 3.61. The normalized spacial score (nSPS) is 11.9. The second-order valence-electron chi connectivity index (χ2n) is 4.73. The van der Waals surface area contributed by atoms with Gasteiger partial charge in [0.1, 0.15) is 0 Å². The molecule has 0 amide bonds. The van der Waals surface area contributed by atoms with Crippen molar-refractivity contribution in [2.75, 3.05) is 6.54 Å². The summed E-state index contributed by atoms with van der Waals surface area (Å²) in [6.07, 6.45) is 3.14. The minimum Gasteiger partial charge on any atom is -0.478 e. The molecule has 0 aliphatic rings. The van der Waals surface area contributed by atoms with E-state index in [-0.39, 0.29) is 5.56 Å². The van der Waals surface area contributed by atoms with Gasteiger partial charge in [0, 0.05) is 11.6 Å². The molecule has 3 aromatic rings. The van der Waals surface area contributed by atoms with Gasteiger partial charge in [0.05, 0.1) is 30.4 Å². The van der Waals surface area contributed by atoms with Crippen LogP contribution in [0, 0.1) is 0 Å². The van der Waals surface area contributed by atoms with Gasteiger partial charge in [0.2, 0.25) is 0 Å². The smallest absolute Gasteiger partial charge is 0.335 e. The quantitative estimate of drug-likeness (QED) is 0.712. The lowest BCUT2D eigenvalue weighted by atomic mass is 10.1. The first-order valence-corrected chi connectivity index (χ1v) is 6.71. The number of pyridine rings is 1. The Morgan fingerprint density at radius 2 is 2.14 bits per heavy atom. The van der Waals surface area contributed by atoms with Crippen molar-refractivity contribution in [1.82, 2.24) is 14.5 Å². The summed E-state index contributed by atoms with van der Waals surface area (Å²) in [6.45, 7) is 0.979. The average Bonchev–Trinajstić information content (AvgIpc) is 2.91. The van der Waals surface area contributed by atoms with Crippen LogP contribution in [0.2, 0.25) is 0 Å². The van der Waals surface area contributed by atoms with Crippen molar-refractivity contribution in [1.29, 1.82) is 0 Å². The molecule has 0 aliphatic heterocycles. The molecule has 22 heavy (non-hydrogen) atoms. The van der Waals surface area contributed by atoms with Crippen LogP contribution in [0.25, 0.3) is 10.9 Å². The molecule has 2 N–H and O–H groups in total. The number of rotatable bonds is 4. The summed E-state index contributed by atoms with van der Waals surface area (Å²) in [5.74, 6) is -0.957. The van der Waals surface area contributed by atoms with Gasteiger partial charge in [0.25, 0.3) is 0 Å². The Bertz CT molecular complexity index is 895. The predicted molar refractivity (Wildman–Crippen MR) is 78.7 cm³/mol. The summed E-state index contributed by atoms with van der Waals surface area (Å²) in [4.78, 5) is 15.2. The predicted octanol–water partition coefficient (Wildman–Crippen LogP) is 1.37. The molecular formula is C15H14N4O3. The van der Waals surface area contributed by atoms with Gasteiger partial charge in [-0.3, -0.25) is 9.67 Å². The van der Waals surface area contributed by atoms with Gasteiger partial charge in [-0.05, 0) is 30.3 Å². The molecule has 112 valence electrons. The number of hydrogen-bond acceptors (Lipinski definition) is 4. The highest BCUT2D eigenvalue weighted by Gasteiger charge is 2.07. The fourth-order valence-corrected chi connectivity index (χ4v) is 2.21. The molecule has 3 rings (SSSR count). The fraction of sp³-hybridized carbons (Fsp3) is 0.133. The molecule has 0 unspecified atom stereocenters. The fourth-order valence-electron chi connectivity index (χ4n) is 2.21. The van der Waals surface area contributed by atoms with Gasteiger partial charge < -0.3 is 10.3 Å². The number of nitrogens with zero attached hydrogens (tertiary/aromatic N) is 4. The van der Waals surface area contributed by atoms with E-state index < -0.39 is 5.97 Å². The molecule has 0 spiro atoms. The third-order valence-corrected chi connectivity index (χ3v) is 3.29. The van der Waals surface area contributed by atoms with Crippen molar-refractivity contribution >= 4 is 16.9 Å². The third kappa shape index (κ3) is 2.69. The number of aromatic carboxylic acids is 1. The highest BCUT2D eigenvalue weighted by atomic mass is 16.5. The zero-order chi connectivity index (χ0) is 15.5. The van der Waals surface area contributed by atoms with Crippen molar-refractivity contribution in [3.05, 3.63) is 59.8 Å². The van der Waals surface area contributed by atoms with Crippen LogP contribution in [0.1, 0.15) is 10.4 Å². The molecule has 1 aromatic carbocycles. The molecule has 0 saturated carbocycles. The first-order valence-electron chi connectivity index (χ1n) is 6.71. The van der Waals surface area contributed by atoms with Gasteiger partial charge in [-0.15, -0.1) is 0 Å². The van der Waals surface area contributed by atoms with E-state index in [4.69, 9.17) is 5.11 Å². The van der Waals surface area contributed by atoms with Crippen molar-refractivity contribution in [2.24, 2.45) is 4.99 Å². The summed E-state index contributed by atoms with van der Waals surface area (Å²) >= 11 is 0. The Morgan fingerprint density at radius 1 is 1.27 bits per heavy atom. The van der Waals surface area contributed by atoms with Gasteiger partial charge in [0.15, 0.2) is 5.49 Å². The minimum atomic E-state index is -0.957. The second-order valence-corrected chi connectivity index (χ2v) is 4.73. The zero-order valence-corrected chi connectivity index (χ0v) is 11.6. The van der Waals surface area contributed by atoms with Crippen LogP contribution in [0.15, 0.2) is 53.8 Å². The number of benzene rings is 1. The molecule has 0 bridgehead atoms. The van der Waals surface area contributed by atoms with E-state index in [1.807, 2.05) is 0 Å². The first-order chi connectivity index (χ1) is 10.6. The Balaban J connectivity index is 1.82. The lowest BCUT2D eigenvalue weighted by molar-refractivity contribution is 0.0697. The molecule has 0 fully saturated rings. The molecule has 0 aliphatic carbocycles. The Hall–Kier alpha value is -3.09. The van der Waals surface area contributed by atoms with Gasteiger partial charge >= 0.3 is 5.97 Å². The molecular weight excluding hydrogens is 284 g/mol. The van der Waals surface area contributed by atoms with Crippen molar-refractivity contribution in [2.45, 2.75) is 6.54 Å². The van der Waals surface area contributed by atoms with Crippen LogP contribution in [0.5, 0.6) is 0 Å². The third-order valence-electron chi connectivity index (χ3n) is 3.29. The molecule has 0 radical (unpaired) electrons. The Morgan fingerprint density at radius 3 is 2.91 bits per heavy atom. The van der Waals surface area contributed by atoms with E-state index in [9.17, 15) is 10.0 Å². The topological polar surface area (TPSA) is 92.6 Å². The van der Waals surface area contributed by atoms with Crippen LogP contribution < -0.4 is 5.49 Å². The van der Waals surface area contributed by atoms with Crippen molar-refractivity contribution < 1.29 is 15.1 Å². The highest BCUT2D eigenvalue weighted by molar-refractivity contribution is 5.93. The maximum atomic E-state index is 10.9. The molecule has 7 heteroatoms. The largest absolute Gasteiger partial charge is 0.478 e. The van der Waals surface area contributed by atoms with E-state index in [0.717, 1.165) is 15.6 Å². The number of hydrogen-bond donors (Lipinski definition) is 2. The van der Waals surface area contributed by atoms with E-state index in [2.05, 4.69) is 10.1 Å². The number of fused-ring (bicyclic) bond motifs is 1. The molecule has 2 heterocycles. The van der Waals surface area contributed by atoms with Crippen LogP contribution >= 0.6 is 0 Å². The number of carbonyl (C=O) groups is 1. The zero-order valence-electron chi connectivity index (χ0n) is 11.6. The number of aromatic nitrogens is 3. The van der Waals surface area contributed by atoms with E-state index in [0.29, 0.717) is 18.6 Å². The average molecular weight is 298 g/mol. The lowest BCUT2D eigenvalue weighted by Crippen LogP contribution is -2.18. The van der Waals surface area contributed by atoms with E-state index in [1.165, 1.54) is 6.20 Å². The maximum Gasteiger partial charge on any atom is 0.335 e. The molecule has 7 nitrogen and oxygen atoms in total. The molecule has 0 atom stereocenters. The van der Waals surface area contributed by atoms with E-state index in [1.54, 1.807) is 47.3 Å². The van der Waals surface area contributed by atoms with Crippen molar-refractivity contribution in [3.63, 3.8) is 0 Å². The molecule has 0 saturated heterocycles. The highest BCUT2D eigenvalue weighted by Crippen LogP contribution is 2.15. The van der Waals surface area contributed by atoms with Gasteiger partial charge in [-0.25, -0.2) is 4.79 Å². The van der Waals surface area contributed by atoms with Gasteiger partial charge in [-0.1, -0.05) is 6.07 Å². The SMILES string of the molecule is O=C(O)c1ccc2c(cnn2CCN=c2ccccn2O)c1. The first kappa shape index (κ1) is 13.9. The van der Waals surface area contributed by atoms with Crippen LogP contribution in [-0.4, -0.2) is 37.3 Å². The second kappa shape index (κ2) is 5.72. The summed E-state index contributed by atoms with van der Waals surface area (Å²) < 4.78 is 2.72. The maximum absolute atomic E-state index is 10.9. The lowest BCUT2D eigenvalue weighted by Gasteiger charge is -2.02. The number of carboxylic acids is 1. The summed E-state index contributed by atoms with van der Waals surface area (Å²) in [5, 5.41) is 23.6.